The highest BCUT2D eigenvalue weighted by atomic mass is 16.7. The smallest absolute Gasteiger partial charge is 0.336 e. The quantitative estimate of drug-likeness (QED) is 0.395. The minimum Gasteiger partial charge on any atom is -0.497 e. The third-order valence-electron chi connectivity index (χ3n) is 7.83. The second kappa shape index (κ2) is 10.9. The molecule has 204 valence electrons. The number of carbonyl (C=O) groups excluding carboxylic acids is 2. The predicted molar refractivity (Wildman–Crippen MR) is 149 cm³/mol. The summed E-state index contributed by atoms with van der Waals surface area (Å²) < 4.78 is 22.2. The Morgan fingerprint density at radius 1 is 0.950 bits per heavy atom. The number of Topliss-reactive ketones (excluding diaryl/α,β-unsaturated/α-hetero) is 1. The number of esters is 1. The number of ether oxygens (including phenoxy) is 4. The molecule has 3 aliphatic rings. The van der Waals surface area contributed by atoms with Gasteiger partial charge in [-0.3, -0.25) is 4.79 Å². The van der Waals surface area contributed by atoms with Gasteiger partial charge in [0.05, 0.1) is 19.3 Å². The normalized spacial score (nSPS) is 19.7. The fourth-order valence-corrected chi connectivity index (χ4v) is 5.83. The molecule has 0 saturated carbocycles. The van der Waals surface area contributed by atoms with Gasteiger partial charge in [0.2, 0.25) is 6.79 Å². The molecular weight excluding hydrogens is 506 g/mol. The number of fused-ring (bicyclic) bond motifs is 1. The van der Waals surface area contributed by atoms with Crippen molar-refractivity contribution in [1.82, 2.24) is 5.32 Å². The van der Waals surface area contributed by atoms with Gasteiger partial charge >= 0.3 is 5.97 Å². The van der Waals surface area contributed by atoms with Crippen LogP contribution in [0.5, 0.6) is 17.2 Å². The third-order valence-corrected chi connectivity index (χ3v) is 7.83. The van der Waals surface area contributed by atoms with E-state index in [9.17, 15) is 9.59 Å². The van der Waals surface area contributed by atoms with Gasteiger partial charge in [0, 0.05) is 35.7 Å². The van der Waals surface area contributed by atoms with E-state index >= 15 is 0 Å². The Bertz CT molecular complexity index is 1510. The molecule has 0 bridgehead atoms. The SMILES string of the molecule is COc1ccc([C@H]2CC(=O)C3=C(C2)NC(C)=C(C(=O)OCCc2ccccc2)[C@H]3c2ccc3c(c2)OCO3)cc1. The Morgan fingerprint density at radius 3 is 2.48 bits per heavy atom. The van der Waals surface area contributed by atoms with Crippen LogP contribution in [0.15, 0.2) is 95.3 Å². The minimum absolute atomic E-state index is 0.0133. The Kier molecular flexibility index (Phi) is 7.03. The first-order valence-corrected chi connectivity index (χ1v) is 13.5. The number of dihydropyridines is 1. The fraction of sp³-hybridized carbons (Fsp3) is 0.273. The van der Waals surface area contributed by atoms with Crippen molar-refractivity contribution in [1.29, 1.82) is 0 Å². The van der Waals surface area contributed by atoms with E-state index in [1.54, 1.807) is 7.11 Å². The summed E-state index contributed by atoms with van der Waals surface area (Å²) in [4.78, 5) is 27.5. The molecule has 40 heavy (non-hydrogen) atoms. The summed E-state index contributed by atoms with van der Waals surface area (Å²) in [5, 5.41) is 3.42. The molecule has 3 aromatic carbocycles. The molecule has 0 saturated heterocycles. The van der Waals surface area contributed by atoms with Crippen LogP contribution in [0.3, 0.4) is 0 Å². The van der Waals surface area contributed by atoms with Crippen molar-refractivity contribution in [2.24, 2.45) is 0 Å². The van der Waals surface area contributed by atoms with Crippen LogP contribution in [0.2, 0.25) is 0 Å². The summed E-state index contributed by atoms with van der Waals surface area (Å²) in [5.41, 5.74) is 5.56. The van der Waals surface area contributed by atoms with E-state index in [0.29, 0.717) is 47.6 Å². The van der Waals surface area contributed by atoms with Gasteiger partial charge < -0.3 is 24.3 Å². The van der Waals surface area contributed by atoms with Crippen molar-refractivity contribution >= 4 is 11.8 Å². The van der Waals surface area contributed by atoms with Gasteiger partial charge in [0.25, 0.3) is 0 Å². The number of carbonyl (C=O) groups is 2. The third kappa shape index (κ3) is 4.95. The monoisotopic (exact) mass is 537 g/mol. The Morgan fingerprint density at radius 2 is 1.70 bits per heavy atom. The van der Waals surface area contributed by atoms with Crippen LogP contribution in [0.1, 0.15) is 48.3 Å². The van der Waals surface area contributed by atoms with Gasteiger partial charge in [-0.15, -0.1) is 0 Å². The predicted octanol–water partition coefficient (Wildman–Crippen LogP) is 5.57. The number of hydrogen-bond donors (Lipinski definition) is 1. The molecular formula is C33H31NO6. The Labute approximate surface area is 233 Å². The standard InChI is InChI=1S/C33H31NO6/c1-20-30(33(36)38-15-14-21-6-4-3-5-7-21)31(23-10-13-28-29(18-23)40-19-39-28)32-26(34-20)16-24(17-27(32)35)22-8-11-25(37-2)12-9-22/h3-13,18,24,31,34H,14-17,19H2,1-2H3/t24-,31-/m1/s1. The van der Waals surface area contributed by atoms with Crippen molar-refractivity contribution in [3.63, 3.8) is 0 Å². The molecule has 0 aromatic heterocycles. The fourth-order valence-electron chi connectivity index (χ4n) is 5.83. The van der Waals surface area contributed by atoms with Crippen LogP contribution in [0.4, 0.5) is 0 Å². The maximum absolute atomic E-state index is 13.9. The number of hydrogen-bond acceptors (Lipinski definition) is 7. The van der Waals surface area contributed by atoms with Crippen LogP contribution < -0.4 is 19.5 Å². The topological polar surface area (TPSA) is 83.1 Å². The summed E-state index contributed by atoms with van der Waals surface area (Å²) in [6.07, 6.45) is 1.61. The first-order valence-electron chi connectivity index (χ1n) is 13.5. The van der Waals surface area contributed by atoms with Gasteiger partial charge in [0.1, 0.15) is 5.75 Å². The average molecular weight is 538 g/mol. The second-order valence-corrected chi connectivity index (χ2v) is 10.3. The average Bonchev–Trinajstić information content (AvgIpc) is 3.45. The molecule has 0 amide bonds. The molecule has 2 aliphatic heterocycles. The number of allylic oxidation sites excluding steroid dienone is 3. The zero-order chi connectivity index (χ0) is 27.6. The molecule has 7 heteroatoms. The van der Waals surface area contributed by atoms with Crippen molar-refractivity contribution in [2.75, 3.05) is 20.5 Å². The number of nitrogens with one attached hydrogen (secondary N) is 1. The molecule has 2 atom stereocenters. The lowest BCUT2D eigenvalue weighted by Crippen LogP contribution is -2.36. The van der Waals surface area contributed by atoms with Crippen LogP contribution in [-0.2, 0) is 20.7 Å². The summed E-state index contributed by atoms with van der Waals surface area (Å²) in [7, 11) is 1.64. The van der Waals surface area contributed by atoms with Crippen LogP contribution >= 0.6 is 0 Å². The van der Waals surface area contributed by atoms with E-state index in [-0.39, 0.29) is 25.1 Å². The van der Waals surface area contributed by atoms with Gasteiger partial charge in [-0.2, -0.15) is 0 Å². The van der Waals surface area contributed by atoms with Gasteiger partial charge in [-0.05, 0) is 60.2 Å². The lowest BCUT2D eigenvalue weighted by Gasteiger charge is -2.36. The van der Waals surface area contributed by atoms with Crippen LogP contribution in [-0.4, -0.2) is 32.3 Å². The summed E-state index contributed by atoms with van der Waals surface area (Å²) in [6.45, 7) is 2.26. The van der Waals surface area contributed by atoms with Gasteiger partial charge in [0.15, 0.2) is 17.3 Å². The maximum atomic E-state index is 13.9. The summed E-state index contributed by atoms with van der Waals surface area (Å²) in [5.74, 6) is 1.06. The molecule has 6 rings (SSSR count). The van der Waals surface area contributed by atoms with Crippen LogP contribution in [0.25, 0.3) is 0 Å². The van der Waals surface area contributed by atoms with Gasteiger partial charge in [-0.1, -0.05) is 48.5 Å². The molecule has 0 spiro atoms. The van der Waals surface area contributed by atoms with E-state index in [0.717, 1.165) is 28.1 Å². The lowest BCUT2D eigenvalue weighted by molar-refractivity contribution is -0.139. The molecule has 1 aliphatic carbocycles. The van der Waals surface area contributed by atoms with E-state index < -0.39 is 11.9 Å². The molecule has 2 heterocycles. The van der Waals surface area contributed by atoms with Crippen molar-refractivity contribution in [3.05, 3.63) is 112 Å². The van der Waals surface area contributed by atoms with Crippen molar-refractivity contribution in [2.45, 2.75) is 38.0 Å². The number of methoxy groups -OCH3 is 1. The van der Waals surface area contributed by atoms with Crippen LogP contribution in [0, 0.1) is 0 Å². The Hall–Kier alpha value is -4.52. The highest BCUT2D eigenvalue weighted by Gasteiger charge is 2.42. The van der Waals surface area contributed by atoms with E-state index in [1.165, 1.54) is 0 Å². The second-order valence-electron chi connectivity index (χ2n) is 10.3. The number of ketones is 1. The molecule has 0 unspecified atom stereocenters. The molecule has 1 N–H and O–H groups in total. The molecule has 0 radical (unpaired) electrons. The summed E-state index contributed by atoms with van der Waals surface area (Å²) in [6, 6.07) is 23.4. The lowest BCUT2D eigenvalue weighted by atomic mass is 9.71. The number of rotatable bonds is 7. The maximum Gasteiger partial charge on any atom is 0.336 e. The highest BCUT2D eigenvalue weighted by molar-refractivity contribution is 6.04. The highest BCUT2D eigenvalue weighted by Crippen LogP contribution is 2.47. The van der Waals surface area contributed by atoms with E-state index in [2.05, 4.69) is 5.32 Å². The first kappa shape index (κ1) is 25.7. The van der Waals surface area contributed by atoms with Gasteiger partial charge in [-0.25, -0.2) is 4.79 Å². The zero-order valence-electron chi connectivity index (χ0n) is 22.6. The van der Waals surface area contributed by atoms with Crippen molar-refractivity contribution < 1.29 is 28.5 Å². The largest absolute Gasteiger partial charge is 0.497 e. The zero-order valence-corrected chi connectivity index (χ0v) is 22.6. The molecule has 3 aromatic rings. The van der Waals surface area contributed by atoms with E-state index in [1.807, 2.05) is 79.7 Å². The summed E-state index contributed by atoms with van der Waals surface area (Å²) >= 11 is 0. The minimum atomic E-state index is -0.570. The first-order chi connectivity index (χ1) is 19.5. The number of benzene rings is 3. The molecule has 0 fully saturated rings. The molecule has 7 nitrogen and oxygen atoms in total. The van der Waals surface area contributed by atoms with Crippen molar-refractivity contribution in [3.8, 4) is 17.2 Å². The van der Waals surface area contributed by atoms with E-state index in [4.69, 9.17) is 18.9 Å². The Balaban J connectivity index is 1.33.